The van der Waals surface area contributed by atoms with Crippen LogP contribution in [-0.2, 0) is 4.79 Å². The van der Waals surface area contributed by atoms with E-state index in [1.54, 1.807) is 6.07 Å². The fourth-order valence-corrected chi connectivity index (χ4v) is 2.51. The van der Waals surface area contributed by atoms with Crippen molar-refractivity contribution in [2.45, 2.75) is 45.1 Å². The molecule has 1 aromatic rings. The molecule has 2 rings (SSSR count). The molecule has 1 aliphatic rings. The van der Waals surface area contributed by atoms with Gasteiger partial charge < -0.3 is 10.6 Å². The minimum Gasteiger partial charge on any atom is -0.326 e. The molecule has 3 nitrogen and oxygen atoms in total. The molecule has 0 spiro atoms. The van der Waals surface area contributed by atoms with Gasteiger partial charge in [0.25, 0.3) is 0 Å². The molecular weight excluding hydrogens is 243 g/mol. The standard InChI is InChI=1S/C15H21FN2O/c1-11-8-12(16)10-14(9-11)18-15(19)6-5-13-4-2-3-7-17-13/h8-10,13,17H,2-7H2,1H3,(H,18,19). The van der Waals surface area contributed by atoms with Gasteiger partial charge in [0.05, 0.1) is 0 Å². The number of carbonyl (C=O) groups excluding carboxylic acids is 1. The van der Waals surface area contributed by atoms with Gasteiger partial charge in [-0.1, -0.05) is 6.42 Å². The first-order valence-corrected chi connectivity index (χ1v) is 6.94. The van der Waals surface area contributed by atoms with E-state index in [1.165, 1.54) is 25.0 Å². The van der Waals surface area contributed by atoms with Gasteiger partial charge in [-0.3, -0.25) is 4.79 Å². The zero-order valence-corrected chi connectivity index (χ0v) is 11.3. The molecule has 19 heavy (non-hydrogen) atoms. The van der Waals surface area contributed by atoms with Crippen molar-refractivity contribution in [1.29, 1.82) is 0 Å². The number of anilines is 1. The molecular formula is C15H21FN2O. The number of piperidine rings is 1. The van der Waals surface area contributed by atoms with Crippen molar-refractivity contribution >= 4 is 11.6 Å². The first-order valence-electron chi connectivity index (χ1n) is 6.94. The number of halogens is 1. The van der Waals surface area contributed by atoms with Gasteiger partial charge in [-0.2, -0.15) is 0 Å². The summed E-state index contributed by atoms with van der Waals surface area (Å²) in [5, 5.41) is 6.17. The van der Waals surface area contributed by atoms with E-state index in [-0.39, 0.29) is 11.7 Å². The normalized spacial score (nSPS) is 19.2. The molecule has 0 aromatic heterocycles. The van der Waals surface area contributed by atoms with Crippen LogP contribution in [0.5, 0.6) is 0 Å². The average Bonchev–Trinajstić information content (AvgIpc) is 2.36. The van der Waals surface area contributed by atoms with Crippen LogP contribution in [0.2, 0.25) is 0 Å². The van der Waals surface area contributed by atoms with Crippen molar-refractivity contribution in [1.82, 2.24) is 5.32 Å². The van der Waals surface area contributed by atoms with Gasteiger partial charge in [-0.15, -0.1) is 0 Å². The Kier molecular flexibility index (Phi) is 4.91. The van der Waals surface area contributed by atoms with Gasteiger partial charge >= 0.3 is 0 Å². The number of benzene rings is 1. The maximum absolute atomic E-state index is 13.2. The van der Waals surface area contributed by atoms with E-state index in [9.17, 15) is 9.18 Å². The summed E-state index contributed by atoms with van der Waals surface area (Å²) in [6.07, 6.45) is 4.94. The summed E-state index contributed by atoms with van der Waals surface area (Å²) in [6, 6.07) is 5.03. The zero-order chi connectivity index (χ0) is 13.7. The fourth-order valence-electron chi connectivity index (χ4n) is 2.51. The van der Waals surface area contributed by atoms with Gasteiger partial charge in [0, 0.05) is 18.2 Å². The van der Waals surface area contributed by atoms with Crippen LogP contribution in [0.3, 0.4) is 0 Å². The van der Waals surface area contributed by atoms with Gasteiger partial charge in [0.2, 0.25) is 5.91 Å². The second-order valence-electron chi connectivity index (χ2n) is 5.25. The van der Waals surface area contributed by atoms with E-state index < -0.39 is 0 Å². The van der Waals surface area contributed by atoms with Crippen LogP contribution in [0.4, 0.5) is 10.1 Å². The van der Waals surface area contributed by atoms with E-state index in [2.05, 4.69) is 10.6 Å². The second-order valence-corrected chi connectivity index (χ2v) is 5.25. The van der Waals surface area contributed by atoms with E-state index >= 15 is 0 Å². The Labute approximate surface area is 113 Å². The molecule has 1 amide bonds. The molecule has 1 fully saturated rings. The van der Waals surface area contributed by atoms with E-state index in [1.807, 2.05) is 6.92 Å². The highest BCUT2D eigenvalue weighted by Gasteiger charge is 2.14. The quantitative estimate of drug-likeness (QED) is 0.877. The topological polar surface area (TPSA) is 41.1 Å². The Bertz CT molecular complexity index is 422. The summed E-state index contributed by atoms with van der Waals surface area (Å²) in [7, 11) is 0. The maximum Gasteiger partial charge on any atom is 0.224 e. The summed E-state index contributed by atoms with van der Waals surface area (Å²) >= 11 is 0. The Morgan fingerprint density at radius 1 is 1.42 bits per heavy atom. The number of nitrogens with one attached hydrogen (secondary N) is 2. The van der Waals surface area contributed by atoms with Crippen LogP contribution in [0, 0.1) is 12.7 Å². The molecule has 1 atom stereocenters. The van der Waals surface area contributed by atoms with Crippen LogP contribution < -0.4 is 10.6 Å². The first kappa shape index (κ1) is 14.0. The first-order chi connectivity index (χ1) is 9.13. The summed E-state index contributed by atoms with van der Waals surface area (Å²) in [6.45, 7) is 2.86. The molecule has 1 aromatic carbocycles. The lowest BCUT2D eigenvalue weighted by molar-refractivity contribution is -0.116. The highest BCUT2D eigenvalue weighted by molar-refractivity contribution is 5.90. The van der Waals surface area contributed by atoms with Crippen LogP contribution in [0.25, 0.3) is 0 Å². The third-order valence-electron chi connectivity index (χ3n) is 3.46. The Hall–Kier alpha value is -1.42. The van der Waals surface area contributed by atoms with Crippen molar-refractivity contribution in [2.24, 2.45) is 0 Å². The monoisotopic (exact) mass is 264 g/mol. The summed E-state index contributed by atoms with van der Waals surface area (Å²) in [4.78, 5) is 11.8. The van der Waals surface area contributed by atoms with Crippen molar-refractivity contribution in [3.63, 3.8) is 0 Å². The highest BCUT2D eigenvalue weighted by atomic mass is 19.1. The molecule has 4 heteroatoms. The zero-order valence-electron chi connectivity index (χ0n) is 11.3. The van der Waals surface area contributed by atoms with Crippen LogP contribution in [-0.4, -0.2) is 18.5 Å². The molecule has 1 unspecified atom stereocenters. The number of carbonyl (C=O) groups is 1. The number of hydrogen-bond acceptors (Lipinski definition) is 2. The molecule has 1 saturated heterocycles. The predicted octanol–water partition coefficient (Wildman–Crippen LogP) is 2.99. The van der Waals surface area contributed by atoms with Crippen LogP contribution in [0.1, 0.15) is 37.7 Å². The van der Waals surface area contributed by atoms with Crippen molar-refractivity contribution < 1.29 is 9.18 Å². The lowest BCUT2D eigenvalue weighted by Gasteiger charge is -2.23. The van der Waals surface area contributed by atoms with Crippen molar-refractivity contribution in [3.8, 4) is 0 Å². The molecule has 104 valence electrons. The van der Waals surface area contributed by atoms with Crippen LogP contribution >= 0.6 is 0 Å². The van der Waals surface area contributed by atoms with Crippen molar-refractivity contribution in [3.05, 3.63) is 29.6 Å². The van der Waals surface area contributed by atoms with Crippen LogP contribution in [0.15, 0.2) is 18.2 Å². The average molecular weight is 264 g/mol. The molecule has 0 radical (unpaired) electrons. The van der Waals surface area contributed by atoms with E-state index in [0.717, 1.165) is 24.9 Å². The van der Waals surface area contributed by atoms with Gasteiger partial charge in [-0.05, 0) is 56.5 Å². The lowest BCUT2D eigenvalue weighted by Crippen LogP contribution is -2.34. The Morgan fingerprint density at radius 2 is 2.26 bits per heavy atom. The molecule has 1 heterocycles. The number of hydrogen-bond donors (Lipinski definition) is 2. The van der Waals surface area contributed by atoms with Gasteiger partial charge in [0.1, 0.15) is 5.82 Å². The SMILES string of the molecule is Cc1cc(F)cc(NC(=O)CCC2CCCCN2)c1. The molecule has 1 aliphatic heterocycles. The minimum atomic E-state index is -0.316. The Balaban J connectivity index is 1.80. The third-order valence-corrected chi connectivity index (χ3v) is 3.46. The van der Waals surface area contributed by atoms with E-state index in [0.29, 0.717) is 18.2 Å². The minimum absolute atomic E-state index is 0.0441. The number of rotatable bonds is 4. The molecule has 0 aliphatic carbocycles. The summed E-state index contributed by atoms with van der Waals surface area (Å²) in [5.74, 6) is -0.360. The summed E-state index contributed by atoms with van der Waals surface area (Å²) in [5.41, 5.74) is 1.35. The fraction of sp³-hybridized carbons (Fsp3) is 0.533. The number of aryl methyl sites for hydroxylation is 1. The lowest BCUT2D eigenvalue weighted by atomic mass is 10.0. The number of amides is 1. The molecule has 0 saturated carbocycles. The largest absolute Gasteiger partial charge is 0.326 e. The second kappa shape index (κ2) is 6.66. The third kappa shape index (κ3) is 4.63. The van der Waals surface area contributed by atoms with Crippen molar-refractivity contribution in [2.75, 3.05) is 11.9 Å². The van der Waals surface area contributed by atoms with Gasteiger partial charge in [-0.25, -0.2) is 4.39 Å². The smallest absolute Gasteiger partial charge is 0.224 e. The molecule has 2 N–H and O–H groups in total. The van der Waals surface area contributed by atoms with E-state index in [4.69, 9.17) is 0 Å². The maximum atomic E-state index is 13.2. The molecule has 0 bridgehead atoms. The van der Waals surface area contributed by atoms with Gasteiger partial charge in [0.15, 0.2) is 0 Å². The Morgan fingerprint density at radius 3 is 2.95 bits per heavy atom. The highest BCUT2D eigenvalue weighted by Crippen LogP contribution is 2.15. The summed E-state index contributed by atoms with van der Waals surface area (Å²) < 4.78 is 13.2. The predicted molar refractivity (Wildman–Crippen MR) is 74.6 cm³/mol.